The van der Waals surface area contributed by atoms with Gasteiger partial charge in [0.25, 0.3) is 0 Å². The Morgan fingerprint density at radius 2 is 1.61 bits per heavy atom. The van der Waals surface area contributed by atoms with Gasteiger partial charge in [0.1, 0.15) is 0 Å². The van der Waals surface area contributed by atoms with Crippen molar-refractivity contribution in [2.75, 3.05) is 6.61 Å². The van der Waals surface area contributed by atoms with E-state index in [2.05, 4.69) is 55.0 Å². The number of allylic oxidation sites excluding steroid dienone is 1. The molecule has 0 fully saturated rings. The number of ether oxygens (including phenoxy) is 1. The second-order valence-corrected chi connectivity index (χ2v) is 7.80. The van der Waals surface area contributed by atoms with Crippen molar-refractivity contribution in [2.24, 2.45) is 10.8 Å². The smallest absolute Gasteiger partial charge is 0.155 e. The molecule has 0 radical (unpaired) electrons. The van der Waals surface area contributed by atoms with Crippen LogP contribution in [0, 0.1) is 10.8 Å². The van der Waals surface area contributed by atoms with E-state index in [0.717, 1.165) is 6.42 Å². The van der Waals surface area contributed by atoms with Crippen LogP contribution < -0.4 is 0 Å². The third kappa shape index (κ3) is 8.46. The Kier molecular flexibility index (Phi) is 5.80. The first-order valence-electron chi connectivity index (χ1n) is 6.66. The van der Waals surface area contributed by atoms with Crippen molar-refractivity contribution >= 4 is 5.78 Å². The van der Waals surface area contributed by atoms with Crippen molar-refractivity contribution in [1.29, 1.82) is 0 Å². The molecule has 106 valence electrons. The Hall–Kier alpha value is -0.630. The van der Waals surface area contributed by atoms with Gasteiger partial charge in [-0.05, 0) is 37.2 Å². The van der Waals surface area contributed by atoms with E-state index < -0.39 is 0 Å². The predicted octanol–water partition coefficient (Wildman–Crippen LogP) is 4.39. The molecule has 0 atom stereocenters. The van der Waals surface area contributed by atoms with Crippen LogP contribution in [0.2, 0.25) is 0 Å². The molecular weight excluding hydrogens is 224 g/mol. The minimum absolute atomic E-state index is 0.0808. The van der Waals surface area contributed by atoms with E-state index in [1.807, 2.05) is 0 Å². The van der Waals surface area contributed by atoms with Crippen LogP contribution >= 0.6 is 0 Å². The van der Waals surface area contributed by atoms with Crippen LogP contribution in [-0.2, 0) is 9.53 Å². The molecule has 0 heterocycles. The third-order valence-electron chi connectivity index (χ3n) is 2.69. The summed E-state index contributed by atoms with van der Waals surface area (Å²) >= 11 is 0. The number of ketones is 1. The first-order chi connectivity index (χ1) is 7.87. The van der Waals surface area contributed by atoms with E-state index in [-0.39, 0.29) is 22.2 Å². The van der Waals surface area contributed by atoms with E-state index in [9.17, 15) is 4.79 Å². The zero-order chi connectivity index (χ0) is 14.6. The average Bonchev–Trinajstić information content (AvgIpc) is 2.11. The zero-order valence-corrected chi connectivity index (χ0v) is 13.2. The normalized spacial score (nSPS) is 13.5. The average molecular weight is 254 g/mol. The van der Waals surface area contributed by atoms with Crippen LogP contribution in [-0.4, -0.2) is 18.0 Å². The largest absolute Gasteiger partial charge is 0.375 e. The van der Waals surface area contributed by atoms with E-state index in [1.54, 1.807) is 0 Å². The van der Waals surface area contributed by atoms with Crippen molar-refractivity contribution in [3.63, 3.8) is 0 Å². The monoisotopic (exact) mass is 254 g/mol. The molecule has 2 heteroatoms. The molecule has 0 unspecified atom stereocenters. The Morgan fingerprint density at radius 3 is 2.00 bits per heavy atom. The van der Waals surface area contributed by atoms with Crippen LogP contribution in [0.4, 0.5) is 0 Å². The number of hydrogen-bond donors (Lipinski definition) is 0. The summed E-state index contributed by atoms with van der Waals surface area (Å²) in [5.74, 6) is 0.0808. The van der Waals surface area contributed by atoms with Gasteiger partial charge in [0, 0.05) is 6.42 Å². The maximum absolute atomic E-state index is 11.4. The summed E-state index contributed by atoms with van der Waals surface area (Å²) in [4.78, 5) is 11.4. The minimum atomic E-state index is -0.160. The number of hydrogen-bond acceptors (Lipinski definition) is 2. The molecule has 0 rings (SSSR count). The summed E-state index contributed by atoms with van der Waals surface area (Å²) in [5, 5.41) is 0. The molecule has 0 N–H and O–H groups in total. The minimum Gasteiger partial charge on any atom is -0.375 e. The molecular formula is C16H30O2. The van der Waals surface area contributed by atoms with Gasteiger partial charge in [0.05, 0.1) is 12.2 Å². The highest BCUT2D eigenvalue weighted by atomic mass is 16.5. The highest BCUT2D eigenvalue weighted by Crippen LogP contribution is 2.32. The topological polar surface area (TPSA) is 26.3 Å². The highest BCUT2D eigenvalue weighted by molar-refractivity contribution is 5.89. The SMILES string of the molecule is C=CC(=O)CC(C)(C)COC(C)(C)CC(C)(C)C. The summed E-state index contributed by atoms with van der Waals surface area (Å²) in [6, 6.07) is 0. The molecule has 0 spiro atoms. The fourth-order valence-electron chi connectivity index (χ4n) is 2.31. The van der Waals surface area contributed by atoms with Gasteiger partial charge in [0.2, 0.25) is 0 Å². The van der Waals surface area contributed by atoms with Gasteiger partial charge in [-0.1, -0.05) is 41.2 Å². The Bertz CT molecular complexity index is 293. The van der Waals surface area contributed by atoms with Gasteiger partial charge in [-0.3, -0.25) is 4.79 Å². The van der Waals surface area contributed by atoms with Gasteiger partial charge in [-0.15, -0.1) is 0 Å². The van der Waals surface area contributed by atoms with Gasteiger partial charge in [-0.2, -0.15) is 0 Å². The molecule has 0 saturated carbocycles. The Balaban J connectivity index is 4.37. The molecule has 18 heavy (non-hydrogen) atoms. The maximum atomic E-state index is 11.4. The lowest BCUT2D eigenvalue weighted by atomic mass is 9.83. The fraction of sp³-hybridized carbons (Fsp3) is 0.812. The summed E-state index contributed by atoms with van der Waals surface area (Å²) in [7, 11) is 0. The summed E-state index contributed by atoms with van der Waals surface area (Å²) in [5.41, 5.74) is -0.0578. The number of carbonyl (C=O) groups excluding carboxylic acids is 1. The Morgan fingerprint density at radius 1 is 1.11 bits per heavy atom. The molecule has 0 bridgehead atoms. The summed E-state index contributed by atoms with van der Waals surface area (Å²) in [6.45, 7) is 19.1. The predicted molar refractivity (Wildman–Crippen MR) is 77.7 cm³/mol. The lowest BCUT2D eigenvalue weighted by Gasteiger charge is -2.35. The van der Waals surface area contributed by atoms with Crippen LogP contribution in [0.5, 0.6) is 0 Å². The standard InChI is InChI=1S/C16H30O2/c1-9-13(17)10-15(5,6)12-18-16(7,8)11-14(2,3)4/h9H,1,10-12H2,2-8H3. The van der Waals surface area contributed by atoms with Crippen LogP contribution in [0.15, 0.2) is 12.7 Å². The van der Waals surface area contributed by atoms with E-state index in [0.29, 0.717) is 13.0 Å². The third-order valence-corrected chi connectivity index (χ3v) is 2.69. The second-order valence-electron chi connectivity index (χ2n) is 7.80. The van der Waals surface area contributed by atoms with E-state index in [1.165, 1.54) is 6.08 Å². The van der Waals surface area contributed by atoms with Gasteiger partial charge < -0.3 is 4.74 Å². The fourth-order valence-corrected chi connectivity index (χ4v) is 2.31. The van der Waals surface area contributed by atoms with E-state index >= 15 is 0 Å². The number of carbonyl (C=O) groups is 1. The molecule has 0 aromatic rings. The molecule has 0 aliphatic carbocycles. The molecule has 0 aromatic carbocycles. The number of rotatable bonds is 7. The lowest BCUT2D eigenvalue weighted by Crippen LogP contribution is -2.35. The first-order valence-corrected chi connectivity index (χ1v) is 6.66. The molecule has 0 aliphatic heterocycles. The quantitative estimate of drug-likeness (QED) is 0.630. The second kappa shape index (κ2) is 6.01. The Labute approximate surface area is 113 Å². The van der Waals surface area contributed by atoms with Crippen molar-refractivity contribution in [2.45, 2.75) is 66.9 Å². The van der Waals surface area contributed by atoms with Crippen molar-refractivity contribution in [3.05, 3.63) is 12.7 Å². The van der Waals surface area contributed by atoms with Crippen LogP contribution in [0.1, 0.15) is 61.3 Å². The van der Waals surface area contributed by atoms with Crippen molar-refractivity contribution < 1.29 is 9.53 Å². The van der Waals surface area contributed by atoms with Crippen molar-refractivity contribution in [3.8, 4) is 0 Å². The summed E-state index contributed by atoms with van der Waals surface area (Å²) < 4.78 is 6.03. The van der Waals surface area contributed by atoms with Crippen LogP contribution in [0.3, 0.4) is 0 Å². The van der Waals surface area contributed by atoms with Crippen LogP contribution in [0.25, 0.3) is 0 Å². The lowest BCUT2D eigenvalue weighted by molar-refractivity contribution is -0.120. The van der Waals surface area contributed by atoms with Gasteiger partial charge >= 0.3 is 0 Å². The zero-order valence-electron chi connectivity index (χ0n) is 13.2. The van der Waals surface area contributed by atoms with Crippen molar-refractivity contribution in [1.82, 2.24) is 0 Å². The maximum Gasteiger partial charge on any atom is 0.155 e. The van der Waals surface area contributed by atoms with Gasteiger partial charge in [0.15, 0.2) is 5.78 Å². The van der Waals surface area contributed by atoms with Gasteiger partial charge in [-0.25, -0.2) is 0 Å². The molecule has 0 aromatic heterocycles. The molecule has 0 saturated heterocycles. The van der Waals surface area contributed by atoms with E-state index in [4.69, 9.17) is 4.74 Å². The molecule has 0 aliphatic rings. The highest BCUT2D eigenvalue weighted by Gasteiger charge is 2.29. The first kappa shape index (κ1) is 17.4. The molecule has 0 amide bonds. The summed E-state index contributed by atoms with van der Waals surface area (Å²) in [6.07, 6.45) is 2.87. The molecule has 2 nitrogen and oxygen atoms in total.